The minimum absolute atomic E-state index is 1.13. The van der Waals surface area contributed by atoms with E-state index in [0.29, 0.717) is 0 Å². The Balaban J connectivity index is 2.24. The molecule has 22 heavy (non-hydrogen) atoms. The molecular weight excluding hydrogens is 264 g/mol. The fraction of sp³-hybridized carbons (Fsp3) is 0.364. The molecule has 0 radical (unpaired) electrons. The highest BCUT2D eigenvalue weighted by molar-refractivity contribution is 5.83. The van der Waals surface area contributed by atoms with E-state index in [2.05, 4.69) is 64.1 Å². The first-order valence-electron chi connectivity index (χ1n) is 8.55. The molecule has 114 valence electrons. The Hall–Kier alpha value is -1.82. The molecule has 1 aliphatic rings. The molecule has 1 aliphatic carbocycles. The van der Waals surface area contributed by atoms with Gasteiger partial charge in [0, 0.05) is 0 Å². The van der Waals surface area contributed by atoms with Crippen LogP contribution in [0, 0.1) is 13.8 Å². The number of hydrogen-bond donors (Lipinski definition) is 0. The summed E-state index contributed by atoms with van der Waals surface area (Å²) in [5.74, 6) is 0. The zero-order valence-corrected chi connectivity index (χ0v) is 14.3. The molecule has 0 aliphatic heterocycles. The predicted octanol–water partition coefficient (Wildman–Crippen LogP) is 6.27. The van der Waals surface area contributed by atoms with Gasteiger partial charge in [0.2, 0.25) is 0 Å². The summed E-state index contributed by atoms with van der Waals surface area (Å²) in [5.41, 5.74) is 11.6. The van der Waals surface area contributed by atoms with Crippen molar-refractivity contribution in [3.63, 3.8) is 0 Å². The van der Waals surface area contributed by atoms with Crippen LogP contribution in [0.5, 0.6) is 0 Å². The molecule has 0 aromatic heterocycles. The van der Waals surface area contributed by atoms with Gasteiger partial charge in [0.05, 0.1) is 0 Å². The lowest BCUT2D eigenvalue weighted by atomic mass is 9.89. The van der Waals surface area contributed by atoms with E-state index in [4.69, 9.17) is 0 Å². The summed E-state index contributed by atoms with van der Waals surface area (Å²) in [7, 11) is 0. The third-order valence-electron chi connectivity index (χ3n) is 4.67. The monoisotopic (exact) mass is 290 g/mol. The molecule has 0 unspecified atom stereocenters. The van der Waals surface area contributed by atoms with Gasteiger partial charge in [0.15, 0.2) is 0 Å². The second-order valence-corrected chi connectivity index (χ2v) is 6.63. The van der Waals surface area contributed by atoms with Crippen LogP contribution in [0.2, 0.25) is 0 Å². The van der Waals surface area contributed by atoms with Gasteiger partial charge < -0.3 is 0 Å². The zero-order chi connectivity index (χ0) is 15.7. The van der Waals surface area contributed by atoms with Crippen LogP contribution in [0.25, 0.3) is 17.2 Å². The normalized spacial score (nSPS) is 13.2. The van der Waals surface area contributed by atoms with Crippen LogP contribution in [0.3, 0.4) is 0 Å². The van der Waals surface area contributed by atoms with Crippen LogP contribution in [-0.2, 0) is 12.8 Å². The maximum Gasteiger partial charge on any atom is -0.00577 e. The smallest absolute Gasteiger partial charge is 0.00577 e. The number of benzene rings is 2. The number of allylic oxidation sites excluding steroid dienone is 1. The topological polar surface area (TPSA) is 0 Å². The van der Waals surface area contributed by atoms with Crippen molar-refractivity contribution >= 4 is 6.08 Å². The summed E-state index contributed by atoms with van der Waals surface area (Å²) >= 11 is 0. The summed E-state index contributed by atoms with van der Waals surface area (Å²) in [6.07, 6.45) is 7.09. The fourth-order valence-corrected chi connectivity index (χ4v) is 3.69. The molecule has 0 atom stereocenters. The summed E-state index contributed by atoms with van der Waals surface area (Å²) < 4.78 is 0. The van der Waals surface area contributed by atoms with Crippen LogP contribution >= 0.6 is 0 Å². The molecule has 0 heteroatoms. The summed E-state index contributed by atoms with van der Waals surface area (Å²) in [5, 5.41) is 0. The highest BCUT2D eigenvalue weighted by atomic mass is 14.2. The van der Waals surface area contributed by atoms with E-state index in [0.717, 1.165) is 19.3 Å². The molecule has 0 heterocycles. The number of rotatable bonds is 4. The largest absolute Gasteiger partial charge is 0.0655 e. The lowest BCUT2D eigenvalue weighted by Crippen LogP contribution is -1.96. The predicted molar refractivity (Wildman–Crippen MR) is 97.3 cm³/mol. The van der Waals surface area contributed by atoms with Crippen LogP contribution in [0.15, 0.2) is 35.9 Å². The molecule has 2 aromatic carbocycles. The van der Waals surface area contributed by atoms with Crippen LogP contribution in [0.4, 0.5) is 0 Å². The van der Waals surface area contributed by atoms with E-state index in [1.807, 2.05) is 0 Å². The van der Waals surface area contributed by atoms with Gasteiger partial charge in [0.25, 0.3) is 0 Å². The first-order valence-corrected chi connectivity index (χ1v) is 8.55. The molecule has 0 fully saturated rings. The Morgan fingerprint density at radius 3 is 2.32 bits per heavy atom. The fourth-order valence-electron chi connectivity index (χ4n) is 3.69. The average molecular weight is 290 g/mol. The SMILES string of the molecule is CCCc1ccc2c(c1-c1cc(C)cc(C)c1)C=C(CC)C2. The minimum atomic E-state index is 1.13. The van der Waals surface area contributed by atoms with Crippen molar-refractivity contribution in [1.82, 2.24) is 0 Å². The van der Waals surface area contributed by atoms with Gasteiger partial charge in [-0.05, 0) is 60.9 Å². The summed E-state index contributed by atoms with van der Waals surface area (Å²) in [6, 6.07) is 11.7. The maximum atomic E-state index is 2.45. The van der Waals surface area contributed by atoms with Crippen molar-refractivity contribution in [1.29, 1.82) is 0 Å². The minimum Gasteiger partial charge on any atom is -0.0655 e. The molecule has 0 amide bonds. The highest BCUT2D eigenvalue weighted by Gasteiger charge is 2.19. The Bertz CT molecular complexity index is 712. The lowest BCUT2D eigenvalue weighted by molar-refractivity contribution is 0.922. The van der Waals surface area contributed by atoms with Gasteiger partial charge in [-0.3, -0.25) is 0 Å². The molecule has 3 rings (SSSR count). The summed E-state index contributed by atoms with van der Waals surface area (Å²) in [6.45, 7) is 8.94. The number of aryl methyl sites for hydroxylation is 3. The molecule has 2 aromatic rings. The van der Waals surface area contributed by atoms with Gasteiger partial charge in [-0.2, -0.15) is 0 Å². The van der Waals surface area contributed by atoms with Crippen molar-refractivity contribution in [2.45, 2.75) is 53.4 Å². The van der Waals surface area contributed by atoms with Gasteiger partial charge in [-0.1, -0.05) is 73.4 Å². The van der Waals surface area contributed by atoms with E-state index in [9.17, 15) is 0 Å². The molecule has 0 bridgehead atoms. The van der Waals surface area contributed by atoms with Crippen molar-refractivity contribution in [2.24, 2.45) is 0 Å². The van der Waals surface area contributed by atoms with Gasteiger partial charge >= 0.3 is 0 Å². The van der Waals surface area contributed by atoms with Gasteiger partial charge in [-0.25, -0.2) is 0 Å². The van der Waals surface area contributed by atoms with Crippen molar-refractivity contribution in [2.75, 3.05) is 0 Å². The molecule has 0 nitrogen and oxygen atoms in total. The first kappa shape index (κ1) is 15.1. The van der Waals surface area contributed by atoms with Crippen molar-refractivity contribution in [3.05, 3.63) is 63.7 Å². The van der Waals surface area contributed by atoms with Crippen LogP contribution in [0.1, 0.15) is 54.5 Å². The van der Waals surface area contributed by atoms with Crippen molar-refractivity contribution in [3.8, 4) is 11.1 Å². The first-order chi connectivity index (χ1) is 10.6. The van der Waals surface area contributed by atoms with E-state index in [1.54, 1.807) is 5.57 Å². The second kappa shape index (κ2) is 6.12. The number of hydrogen-bond acceptors (Lipinski definition) is 0. The molecule has 0 N–H and O–H groups in total. The third-order valence-corrected chi connectivity index (χ3v) is 4.67. The van der Waals surface area contributed by atoms with Crippen molar-refractivity contribution < 1.29 is 0 Å². The molecule has 0 spiro atoms. The quantitative estimate of drug-likeness (QED) is 0.622. The standard InChI is InChI=1S/C22H26/c1-5-7-18-8-9-19-13-17(6-2)14-21(19)22(18)20-11-15(3)10-16(4)12-20/h8-12,14H,5-7,13H2,1-4H3. The van der Waals surface area contributed by atoms with Gasteiger partial charge in [-0.15, -0.1) is 0 Å². The van der Waals surface area contributed by atoms with E-state index >= 15 is 0 Å². The Morgan fingerprint density at radius 2 is 1.68 bits per heavy atom. The Kier molecular flexibility index (Phi) is 4.20. The van der Waals surface area contributed by atoms with Gasteiger partial charge in [0.1, 0.15) is 0 Å². The number of fused-ring (bicyclic) bond motifs is 1. The average Bonchev–Trinajstić information content (AvgIpc) is 2.89. The highest BCUT2D eigenvalue weighted by Crippen LogP contribution is 2.38. The lowest BCUT2D eigenvalue weighted by Gasteiger charge is -2.15. The Labute approximate surface area is 134 Å². The second-order valence-electron chi connectivity index (χ2n) is 6.63. The Morgan fingerprint density at radius 1 is 0.955 bits per heavy atom. The third kappa shape index (κ3) is 2.75. The van der Waals surface area contributed by atoms with E-state index < -0.39 is 0 Å². The molecule has 0 saturated heterocycles. The summed E-state index contributed by atoms with van der Waals surface area (Å²) in [4.78, 5) is 0. The molecular formula is C22H26. The van der Waals surface area contributed by atoms with E-state index in [-0.39, 0.29) is 0 Å². The zero-order valence-electron chi connectivity index (χ0n) is 14.3. The van der Waals surface area contributed by atoms with Crippen LogP contribution in [-0.4, -0.2) is 0 Å². The maximum absolute atomic E-state index is 2.45. The van der Waals surface area contributed by atoms with E-state index in [1.165, 1.54) is 45.4 Å². The molecule has 0 saturated carbocycles. The van der Waals surface area contributed by atoms with Crippen LogP contribution < -0.4 is 0 Å².